The van der Waals surface area contributed by atoms with Crippen molar-refractivity contribution in [3.8, 4) is 0 Å². The van der Waals surface area contributed by atoms with Crippen molar-refractivity contribution >= 4 is 29.6 Å². The molecule has 1 amide bonds. The van der Waals surface area contributed by atoms with Gasteiger partial charge in [-0.25, -0.2) is 0 Å². The lowest BCUT2D eigenvalue weighted by Crippen LogP contribution is -2.53. The molecule has 0 radical (unpaired) electrons. The summed E-state index contributed by atoms with van der Waals surface area (Å²) < 4.78 is 11.3. The van der Waals surface area contributed by atoms with Gasteiger partial charge >= 0.3 is 0 Å². The minimum atomic E-state index is -0.416. The second-order valence-electron chi connectivity index (χ2n) is 11.8. The molecule has 5 aliphatic rings. The number of nitrogens with one attached hydrogen (secondary N) is 3. The van der Waals surface area contributed by atoms with Gasteiger partial charge in [0.25, 0.3) is 0 Å². The van der Waals surface area contributed by atoms with Crippen LogP contribution in [0.15, 0.2) is 6.07 Å². The summed E-state index contributed by atoms with van der Waals surface area (Å²) >= 11 is 0. The Labute approximate surface area is 234 Å². The lowest BCUT2D eigenvalue weighted by molar-refractivity contribution is -0.123. The van der Waals surface area contributed by atoms with Crippen LogP contribution in [0.3, 0.4) is 0 Å². The molecule has 3 N–H and O–H groups in total. The number of carbonyl (C=O) groups is 1. The van der Waals surface area contributed by atoms with E-state index in [1.54, 1.807) is 7.11 Å². The first-order valence-corrected chi connectivity index (χ1v) is 14.9. The number of aromatic nitrogens is 5. The van der Waals surface area contributed by atoms with E-state index in [9.17, 15) is 4.79 Å². The third kappa shape index (κ3) is 5.72. The van der Waals surface area contributed by atoms with Crippen LogP contribution in [-0.4, -0.2) is 113 Å². The van der Waals surface area contributed by atoms with Crippen molar-refractivity contribution in [2.45, 2.75) is 75.1 Å². The van der Waals surface area contributed by atoms with Gasteiger partial charge in [-0.05, 0) is 45.1 Å². The molecule has 2 saturated carbocycles. The summed E-state index contributed by atoms with van der Waals surface area (Å²) in [6, 6.07) is 2.49. The van der Waals surface area contributed by atoms with Crippen LogP contribution in [0.5, 0.6) is 0 Å². The van der Waals surface area contributed by atoms with Crippen molar-refractivity contribution < 1.29 is 14.3 Å². The minimum absolute atomic E-state index is 0.0198. The van der Waals surface area contributed by atoms with Gasteiger partial charge in [-0.1, -0.05) is 0 Å². The van der Waals surface area contributed by atoms with Crippen LogP contribution in [-0.2, 0) is 14.3 Å². The number of aromatic amines is 1. The van der Waals surface area contributed by atoms with Gasteiger partial charge in [-0.2, -0.15) is 20.1 Å². The van der Waals surface area contributed by atoms with Crippen LogP contribution in [0.1, 0.15) is 56.6 Å². The normalized spacial score (nSPS) is 27.7. The molecular formula is C27H40N10O3. The maximum absolute atomic E-state index is 13.7. The molecule has 1 unspecified atom stereocenters. The van der Waals surface area contributed by atoms with Gasteiger partial charge in [0.15, 0.2) is 5.82 Å². The van der Waals surface area contributed by atoms with E-state index >= 15 is 0 Å². The Balaban J connectivity index is 1.13. The van der Waals surface area contributed by atoms with Gasteiger partial charge in [0.1, 0.15) is 6.04 Å². The number of anilines is 4. The zero-order valence-corrected chi connectivity index (χ0v) is 23.2. The van der Waals surface area contributed by atoms with Crippen LogP contribution in [0, 0.1) is 0 Å². The second kappa shape index (κ2) is 11.1. The predicted molar refractivity (Wildman–Crippen MR) is 149 cm³/mol. The van der Waals surface area contributed by atoms with Crippen molar-refractivity contribution in [3.63, 3.8) is 0 Å². The van der Waals surface area contributed by atoms with Gasteiger partial charge in [0.05, 0.1) is 19.3 Å². The van der Waals surface area contributed by atoms with Crippen LogP contribution in [0.2, 0.25) is 0 Å². The van der Waals surface area contributed by atoms with Crippen molar-refractivity contribution in [2.24, 2.45) is 0 Å². The zero-order valence-electron chi connectivity index (χ0n) is 23.2. The summed E-state index contributed by atoms with van der Waals surface area (Å²) in [5.74, 6) is 2.71. The number of rotatable bonds is 9. The molecule has 2 aliphatic carbocycles. The molecule has 13 nitrogen and oxygen atoms in total. The number of amides is 1. The number of likely N-dealkylation sites (tertiary alicyclic amines) is 1. The Morgan fingerprint density at radius 2 is 1.88 bits per heavy atom. The fourth-order valence-electron chi connectivity index (χ4n) is 6.19. The topological polar surface area (TPSA) is 137 Å². The molecule has 3 saturated heterocycles. The largest absolute Gasteiger partial charge is 0.380 e. The molecule has 13 heteroatoms. The first-order chi connectivity index (χ1) is 19.6. The van der Waals surface area contributed by atoms with E-state index in [2.05, 4.69) is 30.6 Å². The van der Waals surface area contributed by atoms with Gasteiger partial charge < -0.3 is 29.9 Å². The van der Waals surface area contributed by atoms with Gasteiger partial charge in [-0.15, -0.1) is 0 Å². The SMILES string of the molecule is CO[C@H]1C[C@@H](C(=O)NC2CCCN(C3CC3)C2)N(c2nc(Nc3cc(C4CC4)[nH]n3)nc(N3CCOCC3)n2)C1. The van der Waals surface area contributed by atoms with Crippen molar-refractivity contribution in [1.82, 2.24) is 35.4 Å². The third-order valence-corrected chi connectivity index (χ3v) is 8.78. The van der Waals surface area contributed by atoms with Crippen LogP contribution in [0.4, 0.5) is 23.7 Å². The van der Waals surface area contributed by atoms with E-state index in [4.69, 9.17) is 24.4 Å². The molecule has 0 bridgehead atoms. The first kappa shape index (κ1) is 25.9. The molecule has 7 rings (SSSR count). The lowest BCUT2D eigenvalue weighted by Gasteiger charge is -2.34. The van der Waals surface area contributed by atoms with E-state index in [0.29, 0.717) is 74.9 Å². The number of morpholine rings is 1. The molecular weight excluding hydrogens is 512 g/mol. The second-order valence-corrected chi connectivity index (χ2v) is 11.8. The Morgan fingerprint density at radius 1 is 1.05 bits per heavy atom. The molecule has 3 atom stereocenters. The highest BCUT2D eigenvalue weighted by atomic mass is 16.5. The van der Waals surface area contributed by atoms with E-state index in [1.807, 2.05) is 11.0 Å². The van der Waals surface area contributed by atoms with E-state index in [-0.39, 0.29) is 18.1 Å². The summed E-state index contributed by atoms with van der Waals surface area (Å²) in [5.41, 5.74) is 1.13. The Morgan fingerprint density at radius 3 is 2.65 bits per heavy atom. The lowest BCUT2D eigenvalue weighted by atomic mass is 10.0. The highest BCUT2D eigenvalue weighted by Crippen LogP contribution is 2.39. The standard InChI is InChI=1S/C27H40N10O3/c1-39-20-13-22(24(38)28-18-3-2-8-36(15-18)19-6-7-19)37(16-20)27-31-25(29-23-14-21(33-34-23)17-4-5-17)30-26(32-27)35-9-11-40-12-10-35/h14,17-20,22H,2-13,15-16H2,1H3,(H,28,38)(H2,29,30,31,32,33,34)/t18?,20-,22-/m0/s1. The number of carbonyl (C=O) groups excluding carboxylic acids is 1. The number of nitrogens with zero attached hydrogens (tertiary/aromatic N) is 7. The highest BCUT2D eigenvalue weighted by molar-refractivity contribution is 5.86. The number of H-pyrrole nitrogens is 1. The first-order valence-electron chi connectivity index (χ1n) is 14.9. The van der Waals surface area contributed by atoms with Crippen molar-refractivity contribution in [2.75, 3.05) is 68.2 Å². The summed E-state index contributed by atoms with van der Waals surface area (Å²) in [5, 5.41) is 14.2. The van der Waals surface area contributed by atoms with Crippen LogP contribution < -0.4 is 20.4 Å². The number of methoxy groups -OCH3 is 1. The summed E-state index contributed by atoms with van der Waals surface area (Å²) in [6.07, 6.45) is 7.60. The Bertz CT molecular complexity index is 1190. The fraction of sp³-hybridized carbons (Fsp3) is 0.741. The number of hydrogen-bond acceptors (Lipinski definition) is 11. The van der Waals surface area contributed by atoms with Gasteiger partial charge in [-0.3, -0.25) is 14.8 Å². The van der Waals surface area contributed by atoms with Crippen LogP contribution >= 0.6 is 0 Å². The number of hydrogen-bond donors (Lipinski definition) is 3. The summed E-state index contributed by atoms with van der Waals surface area (Å²) in [7, 11) is 1.70. The van der Waals surface area contributed by atoms with Crippen LogP contribution in [0.25, 0.3) is 0 Å². The minimum Gasteiger partial charge on any atom is -0.380 e. The zero-order chi connectivity index (χ0) is 27.1. The van der Waals surface area contributed by atoms with Gasteiger partial charge in [0.2, 0.25) is 23.8 Å². The van der Waals surface area contributed by atoms with Gasteiger partial charge in [0, 0.05) is 69.5 Å². The molecule has 40 heavy (non-hydrogen) atoms. The average Bonchev–Trinajstić information content (AvgIpc) is 3.92. The molecule has 0 aromatic carbocycles. The molecule has 3 aliphatic heterocycles. The summed E-state index contributed by atoms with van der Waals surface area (Å²) in [6.45, 7) is 5.24. The fourth-order valence-corrected chi connectivity index (χ4v) is 6.19. The molecule has 216 valence electrons. The molecule has 5 fully saturated rings. The van der Waals surface area contributed by atoms with E-state index < -0.39 is 6.04 Å². The number of ether oxygens (including phenoxy) is 2. The average molecular weight is 553 g/mol. The highest BCUT2D eigenvalue weighted by Gasteiger charge is 2.41. The molecule has 0 spiro atoms. The van der Waals surface area contributed by atoms with Crippen molar-refractivity contribution in [3.05, 3.63) is 11.8 Å². The number of piperidine rings is 1. The predicted octanol–water partition coefficient (Wildman–Crippen LogP) is 1.39. The quantitative estimate of drug-likeness (QED) is 0.416. The van der Waals surface area contributed by atoms with E-state index in [1.165, 1.54) is 25.7 Å². The van der Waals surface area contributed by atoms with E-state index in [0.717, 1.165) is 31.6 Å². The smallest absolute Gasteiger partial charge is 0.243 e. The maximum atomic E-state index is 13.7. The Hall–Kier alpha value is -3.03. The summed E-state index contributed by atoms with van der Waals surface area (Å²) in [4.78, 5) is 34.8. The third-order valence-electron chi connectivity index (χ3n) is 8.78. The molecule has 5 heterocycles. The molecule has 2 aromatic heterocycles. The maximum Gasteiger partial charge on any atom is 0.243 e. The monoisotopic (exact) mass is 552 g/mol. The van der Waals surface area contributed by atoms with Crippen molar-refractivity contribution in [1.29, 1.82) is 0 Å². The Kier molecular flexibility index (Phi) is 7.18. The molecule has 2 aromatic rings.